The van der Waals surface area contributed by atoms with Crippen LogP contribution in [0.25, 0.3) is 10.6 Å². The molecule has 6 nitrogen and oxygen atoms in total. The van der Waals surface area contributed by atoms with Crippen LogP contribution in [0.4, 0.5) is 14.5 Å². The predicted molar refractivity (Wildman–Crippen MR) is 113 cm³/mol. The van der Waals surface area contributed by atoms with Crippen molar-refractivity contribution in [3.05, 3.63) is 64.9 Å². The predicted octanol–water partition coefficient (Wildman–Crippen LogP) is 4.58. The molecule has 0 saturated carbocycles. The number of carbonyl (C=O) groups excluding carboxylic acids is 1. The molecule has 0 bridgehead atoms. The molecule has 1 saturated heterocycles. The molecule has 4 atom stereocenters. The first-order valence-corrected chi connectivity index (χ1v) is 10.7. The molecule has 1 aromatic carbocycles. The Labute approximate surface area is 181 Å². The van der Waals surface area contributed by atoms with Gasteiger partial charge in [0.15, 0.2) is 0 Å². The molecule has 2 aromatic heterocycles. The molecule has 2 N–H and O–H groups in total. The molecule has 0 aliphatic carbocycles. The highest BCUT2D eigenvalue weighted by Crippen LogP contribution is 2.37. The van der Waals surface area contributed by atoms with Crippen LogP contribution >= 0.6 is 11.3 Å². The van der Waals surface area contributed by atoms with Gasteiger partial charge in [-0.25, -0.2) is 13.8 Å². The van der Waals surface area contributed by atoms with Gasteiger partial charge in [0, 0.05) is 29.5 Å². The van der Waals surface area contributed by atoms with Gasteiger partial charge in [-0.15, -0.1) is 11.3 Å². The highest BCUT2D eigenvalue weighted by atomic mass is 32.1. The zero-order valence-corrected chi connectivity index (χ0v) is 17.7. The fourth-order valence-corrected chi connectivity index (χ4v) is 4.40. The van der Waals surface area contributed by atoms with E-state index in [1.54, 1.807) is 12.3 Å². The van der Waals surface area contributed by atoms with Crippen molar-refractivity contribution in [2.24, 2.45) is 5.92 Å². The maximum atomic E-state index is 14.0. The first-order valence-electron chi connectivity index (χ1n) is 9.84. The van der Waals surface area contributed by atoms with E-state index >= 15 is 0 Å². The van der Waals surface area contributed by atoms with Crippen molar-refractivity contribution in [1.29, 1.82) is 0 Å². The van der Waals surface area contributed by atoms with E-state index in [1.165, 1.54) is 17.6 Å². The van der Waals surface area contributed by atoms with Crippen molar-refractivity contribution in [2.75, 3.05) is 5.32 Å². The lowest BCUT2D eigenvalue weighted by atomic mass is 9.88. The number of nitrogens with zero attached hydrogens (tertiary/aromatic N) is 2. The van der Waals surface area contributed by atoms with E-state index in [1.807, 2.05) is 13.8 Å². The van der Waals surface area contributed by atoms with Crippen LogP contribution in [0.5, 0.6) is 0 Å². The largest absolute Gasteiger partial charge is 0.393 e. The second kappa shape index (κ2) is 8.78. The fourth-order valence-electron chi connectivity index (χ4n) is 3.56. The van der Waals surface area contributed by atoms with Crippen LogP contribution < -0.4 is 5.32 Å². The maximum Gasteiger partial charge on any atom is 0.275 e. The zero-order chi connectivity index (χ0) is 22.1. The van der Waals surface area contributed by atoms with Crippen molar-refractivity contribution in [1.82, 2.24) is 9.97 Å². The number of anilines is 1. The number of hydrogen-bond donors (Lipinski definition) is 2. The number of aliphatic hydroxyl groups is 1. The molecule has 3 heterocycles. The number of aliphatic hydroxyl groups excluding tert-OH is 1. The van der Waals surface area contributed by atoms with Gasteiger partial charge in [0.05, 0.1) is 35.8 Å². The van der Waals surface area contributed by atoms with E-state index in [9.17, 15) is 18.7 Å². The molecule has 0 unspecified atom stereocenters. The summed E-state index contributed by atoms with van der Waals surface area (Å²) in [6, 6.07) is 5.28. The van der Waals surface area contributed by atoms with Crippen LogP contribution in [0, 0.1) is 17.6 Å². The molecular formula is C22H21F2N3O3S. The average molecular weight is 445 g/mol. The number of hydrogen-bond acceptors (Lipinski definition) is 6. The minimum atomic E-state index is -0.743. The van der Waals surface area contributed by atoms with Gasteiger partial charge in [-0.2, -0.15) is 0 Å². The lowest BCUT2D eigenvalue weighted by Gasteiger charge is -2.37. The van der Waals surface area contributed by atoms with Crippen molar-refractivity contribution in [3.63, 3.8) is 0 Å². The number of amides is 1. The number of nitrogens with one attached hydrogen (secondary N) is 1. The van der Waals surface area contributed by atoms with E-state index in [2.05, 4.69) is 15.3 Å². The third kappa shape index (κ3) is 4.34. The smallest absolute Gasteiger partial charge is 0.275 e. The number of pyridine rings is 1. The van der Waals surface area contributed by atoms with Gasteiger partial charge in [0.2, 0.25) is 0 Å². The van der Waals surface area contributed by atoms with E-state index in [4.69, 9.17) is 4.74 Å². The summed E-state index contributed by atoms with van der Waals surface area (Å²) in [5, 5.41) is 14.6. The Morgan fingerprint density at radius 2 is 2.00 bits per heavy atom. The Hall–Kier alpha value is -2.75. The number of benzene rings is 1. The standard InChI is InChI=1S/C22H21F2N3O3S/c1-11-12(2)30-19(8-18(11)28)13-6-7-25-9-16(13)26-21(29)17-10-31-22(27-17)20-14(23)4-3-5-15(20)24/h3-7,9-12,18-19,28H,8H2,1-2H3,(H,26,29)/t11-,12-,18-,19-/m0/s1. The van der Waals surface area contributed by atoms with E-state index in [0.717, 1.165) is 23.5 Å². The van der Waals surface area contributed by atoms with E-state index in [0.29, 0.717) is 17.7 Å². The summed E-state index contributed by atoms with van der Waals surface area (Å²) in [6.45, 7) is 3.83. The Morgan fingerprint density at radius 1 is 1.26 bits per heavy atom. The number of aromatic nitrogens is 2. The Bertz CT molecular complexity index is 1070. The van der Waals surface area contributed by atoms with E-state index in [-0.39, 0.29) is 28.3 Å². The molecule has 1 aliphatic rings. The summed E-state index contributed by atoms with van der Waals surface area (Å²) in [4.78, 5) is 20.9. The molecule has 1 aliphatic heterocycles. The third-order valence-electron chi connectivity index (χ3n) is 5.55. The summed E-state index contributed by atoms with van der Waals surface area (Å²) in [5.74, 6) is -2.02. The first-order chi connectivity index (χ1) is 14.8. The number of thiazole rings is 1. The molecule has 0 spiro atoms. The molecular weight excluding hydrogens is 424 g/mol. The molecule has 31 heavy (non-hydrogen) atoms. The van der Waals surface area contributed by atoms with Gasteiger partial charge in [0.1, 0.15) is 22.3 Å². The maximum absolute atomic E-state index is 14.0. The number of carbonyl (C=O) groups is 1. The van der Waals surface area contributed by atoms with Gasteiger partial charge in [-0.1, -0.05) is 13.0 Å². The van der Waals surface area contributed by atoms with E-state index < -0.39 is 29.7 Å². The Balaban J connectivity index is 1.56. The van der Waals surface area contributed by atoms with Gasteiger partial charge in [-0.3, -0.25) is 9.78 Å². The van der Waals surface area contributed by atoms with Crippen molar-refractivity contribution >= 4 is 22.9 Å². The van der Waals surface area contributed by atoms with Crippen LogP contribution in [-0.4, -0.2) is 33.2 Å². The Kier molecular flexibility index (Phi) is 6.08. The molecule has 1 amide bonds. The molecule has 162 valence electrons. The molecule has 0 radical (unpaired) electrons. The normalized spacial score (nSPS) is 23.5. The molecule has 4 rings (SSSR count). The quantitative estimate of drug-likeness (QED) is 0.614. The fraction of sp³-hybridized carbons (Fsp3) is 0.318. The minimum absolute atomic E-state index is 0.00309. The average Bonchev–Trinajstić information content (AvgIpc) is 3.22. The summed E-state index contributed by atoms with van der Waals surface area (Å²) in [7, 11) is 0. The van der Waals surface area contributed by atoms with Crippen molar-refractivity contribution in [2.45, 2.75) is 38.6 Å². The molecule has 1 fully saturated rings. The summed E-state index contributed by atoms with van der Waals surface area (Å²) < 4.78 is 34.1. The van der Waals surface area contributed by atoms with Gasteiger partial charge in [-0.05, 0) is 25.1 Å². The van der Waals surface area contributed by atoms with Crippen molar-refractivity contribution < 1.29 is 23.4 Å². The van der Waals surface area contributed by atoms with Gasteiger partial charge in [0.25, 0.3) is 5.91 Å². The third-order valence-corrected chi connectivity index (χ3v) is 6.40. The highest BCUT2D eigenvalue weighted by molar-refractivity contribution is 7.13. The number of ether oxygens (including phenoxy) is 1. The van der Waals surface area contributed by atoms with Crippen LogP contribution in [-0.2, 0) is 4.74 Å². The topological polar surface area (TPSA) is 84.3 Å². The summed E-state index contributed by atoms with van der Waals surface area (Å²) >= 11 is 0.978. The lowest BCUT2D eigenvalue weighted by molar-refractivity contribution is -0.124. The Morgan fingerprint density at radius 3 is 2.71 bits per heavy atom. The lowest BCUT2D eigenvalue weighted by Crippen LogP contribution is -2.38. The molecule has 3 aromatic rings. The SMILES string of the molecule is C[C@H]1[C@H](C)O[C@H](c2ccncc2NC(=O)c2csc(-c3c(F)cccc3F)n2)C[C@@H]1O. The first kappa shape index (κ1) is 21.5. The summed E-state index contributed by atoms with van der Waals surface area (Å²) in [5.41, 5.74) is 0.889. The summed E-state index contributed by atoms with van der Waals surface area (Å²) in [6.07, 6.45) is 2.40. The second-order valence-electron chi connectivity index (χ2n) is 7.54. The van der Waals surface area contributed by atoms with Gasteiger partial charge >= 0.3 is 0 Å². The van der Waals surface area contributed by atoms with Crippen LogP contribution in [0.2, 0.25) is 0 Å². The van der Waals surface area contributed by atoms with Crippen LogP contribution in [0.3, 0.4) is 0 Å². The number of rotatable bonds is 4. The van der Waals surface area contributed by atoms with Crippen molar-refractivity contribution in [3.8, 4) is 10.6 Å². The van der Waals surface area contributed by atoms with Crippen LogP contribution in [0.15, 0.2) is 42.0 Å². The van der Waals surface area contributed by atoms with Gasteiger partial charge < -0.3 is 15.2 Å². The van der Waals surface area contributed by atoms with Crippen LogP contribution in [0.1, 0.15) is 42.4 Å². The minimum Gasteiger partial charge on any atom is -0.393 e. The highest BCUT2D eigenvalue weighted by Gasteiger charge is 2.34. The zero-order valence-electron chi connectivity index (χ0n) is 16.9. The second-order valence-corrected chi connectivity index (χ2v) is 8.40. The monoisotopic (exact) mass is 445 g/mol. The number of halogens is 2. The molecule has 9 heteroatoms.